The Balaban J connectivity index is 2.46. The first kappa shape index (κ1) is 9.86. The molecule has 0 amide bonds. The van der Waals surface area contributed by atoms with Gasteiger partial charge in [0, 0.05) is 6.61 Å². The molecule has 4 heteroatoms. The van der Waals surface area contributed by atoms with Gasteiger partial charge < -0.3 is 4.74 Å². The van der Waals surface area contributed by atoms with Crippen LogP contribution < -0.4 is 0 Å². The van der Waals surface area contributed by atoms with Crippen molar-refractivity contribution in [2.75, 3.05) is 6.61 Å². The Morgan fingerprint density at radius 2 is 2.33 bits per heavy atom. The summed E-state index contributed by atoms with van der Waals surface area (Å²) in [6, 6.07) is 7.77. The van der Waals surface area contributed by atoms with E-state index in [0.717, 1.165) is 11.0 Å². The Morgan fingerprint density at radius 1 is 1.53 bits per heavy atom. The Bertz CT molecular complexity index is 464. The number of hydrogen-bond acceptors (Lipinski definition) is 3. The molecular weight excluding hydrogens is 190 g/mol. The molecule has 0 aliphatic heterocycles. The third kappa shape index (κ3) is 1.76. The predicted octanol–water partition coefficient (Wildman–Crippen LogP) is 2.15. The smallest absolute Gasteiger partial charge is 0.171 e. The monoisotopic (exact) mass is 203 g/mol. The van der Waals surface area contributed by atoms with E-state index in [1.807, 2.05) is 31.2 Å². The van der Waals surface area contributed by atoms with Gasteiger partial charge in [-0.1, -0.05) is 23.9 Å². The molecule has 2 aromatic rings. The second-order valence-corrected chi connectivity index (χ2v) is 3.10. The lowest BCUT2D eigenvalue weighted by atomic mass is 10.3. The van der Waals surface area contributed by atoms with Crippen molar-refractivity contribution in [3.8, 4) is 0 Å². The van der Waals surface area contributed by atoms with Crippen molar-refractivity contribution in [2.24, 2.45) is 0 Å². The van der Waals surface area contributed by atoms with Crippen LogP contribution in [0.15, 0.2) is 36.9 Å². The predicted molar refractivity (Wildman–Crippen MR) is 58.4 cm³/mol. The van der Waals surface area contributed by atoms with Gasteiger partial charge in [-0.15, -0.1) is 5.10 Å². The van der Waals surface area contributed by atoms with E-state index >= 15 is 0 Å². The average Bonchev–Trinajstić information content (AvgIpc) is 2.70. The second-order valence-electron chi connectivity index (χ2n) is 3.10. The first-order valence-electron chi connectivity index (χ1n) is 4.91. The molecule has 1 aromatic carbocycles. The summed E-state index contributed by atoms with van der Waals surface area (Å²) >= 11 is 0. The van der Waals surface area contributed by atoms with E-state index in [-0.39, 0.29) is 6.23 Å². The zero-order valence-electron chi connectivity index (χ0n) is 8.63. The van der Waals surface area contributed by atoms with Crippen molar-refractivity contribution >= 4 is 11.0 Å². The largest absolute Gasteiger partial charge is 0.353 e. The number of para-hydroxylation sites is 1. The molecule has 0 aliphatic carbocycles. The molecule has 4 nitrogen and oxygen atoms in total. The molecule has 1 atom stereocenters. The van der Waals surface area contributed by atoms with Gasteiger partial charge >= 0.3 is 0 Å². The Morgan fingerprint density at radius 3 is 3.07 bits per heavy atom. The van der Waals surface area contributed by atoms with Crippen LogP contribution in [-0.4, -0.2) is 21.6 Å². The minimum Gasteiger partial charge on any atom is -0.353 e. The van der Waals surface area contributed by atoms with Gasteiger partial charge in [0.2, 0.25) is 0 Å². The fourth-order valence-corrected chi connectivity index (χ4v) is 1.48. The highest BCUT2D eigenvalue weighted by molar-refractivity contribution is 5.73. The highest BCUT2D eigenvalue weighted by Crippen LogP contribution is 2.16. The normalized spacial score (nSPS) is 12.9. The maximum absolute atomic E-state index is 5.49. The third-order valence-corrected chi connectivity index (χ3v) is 2.16. The molecule has 0 saturated heterocycles. The van der Waals surface area contributed by atoms with Gasteiger partial charge in [-0.3, -0.25) is 0 Å². The number of ether oxygens (including phenoxy) is 1. The Hall–Kier alpha value is -1.68. The van der Waals surface area contributed by atoms with Crippen LogP contribution in [-0.2, 0) is 4.74 Å². The highest BCUT2D eigenvalue weighted by Gasteiger charge is 2.11. The molecule has 2 rings (SSSR count). The van der Waals surface area contributed by atoms with Crippen LogP contribution in [0.2, 0.25) is 0 Å². The van der Waals surface area contributed by atoms with Crippen molar-refractivity contribution in [1.29, 1.82) is 0 Å². The van der Waals surface area contributed by atoms with E-state index in [2.05, 4.69) is 16.9 Å². The first-order chi connectivity index (χ1) is 7.36. The average molecular weight is 203 g/mol. The van der Waals surface area contributed by atoms with E-state index in [0.29, 0.717) is 6.61 Å². The molecule has 78 valence electrons. The topological polar surface area (TPSA) is 39.9 Å². The van der Waals surface area contributed by atoms with E-state index in [1.165, 1.54) is 0 Å². The number of benzene rings is 1. The summed E-state index contributed by atoms with van der Waals surface area (Å²) < 4.78 is 7.21. The summed E-state index contributed by atoms with van der Waals surface area (Å²) in [5.41, 5.74) is 1.82. The SMILES string of the molecule is C=C[C@@H](OCC)n1nnc2ccccc21. The van der Waals surface area contributed by atoms with Crippen molar-refractivity contribution < 1.29 is 4.74 Å². The van der Waals surface area contributed by atoms with Gasteiger partial charge in [-0.05, 0) is 25.1 Å². The van der Waals surface area contributed by atoms with Crippen LogP contribution in [0.4, 0.5) is 0 Å². The molecule has 0 saturated carbocycles. The van der Waals surface area contributed by atoms with Gasteiger partial charge in [0.25, 0.3) is 0 Å². The van der Waals surface area contributed by atoms with E-state index in [9.17, 15) is 0 Å². The van der Waals surface area contributed by atoms with Crippen molar-refractivity contribution in [1.82, 2.24) is 15.0 Å². The van der Waals surface area contributed by atoms with Gasteiger partial charge in [0.15, 0.2) is 6.23 Å². The van der Waals surface area contributed by atoms with Gasteiger partial charge in [-0.25, -0.2) is 4.68 Å². The maximum Gasteiger partial charge on any atom is 0.171 e. The zero-order chi connectivity index (χ0) is 10.7. The molecule has 1 aromatic heterocycles. The molecular formula is C11H13N3O. The number of rotatable bonds is 4. The molecule has 0 N–H and O–H groups in total. The molecule has 1 heterocycles. The fraction of sp³-hybridized carbons (Fsp3) is 0.273. The lowest BCUT2D eigenvalue weighted by Crippen LogP contribution is -2.11. The molecule has 0 aliphatic rings. The lowest BCUT2D eigenvalue weighted by molar-refractivity contribution is 0.0401. The van der Waals surface area contributed by atoms with Crippen LogP contribution in [0.1, 0.15) is 13.2 Å². The number of aromatic nitrogens is 3. The summed E-state index contributed by atoms with van der Waals surface area (Å²) in [7, 11) is 0. The van der Waals surface area contributed by atoms with E-state index < -0.39 is 0 Å². The van der Waals surface area contributed by atoms with E-state index in [1.54, 1.807) is 10.8 Å². The van der Waals surface area contributed by atoms with Crippen molar-refractivity contribution in [3.63, 3.8) is 0 Å². The molecule has 0 fully saturated rings. The lowest BCUT2D eigenvalue weighted by Gasteiger charge is -2.12. The minimum absolute atomic E-state index is 0.248. The zero-order valence-corrected chi connectivity index (χ0v) is 8.63. The standard InChI is InChI=1S/C11H13N3O/c1-3-11(15-4-2)14-10-8-6-5-7-9(10)12-13-14/h3,5-8,11H,1,4H2,2H3/t11-/m1/s1. The summed E-state index contributed by atoms with van der Waals surface area (Å²) in [4.78, 5) is 0. The van der Waals surface area contributed by atoms with Crippen LogP contribution in [0, 0.1) is 0 Å². The molecule has 0 bridgehead atoms. The quantitative estimate of drug-likeness (QED) is 0.715. The second kappa shape index (κ2) is 4.23. The number of hydrogen-bond donors (Lipinski definition) is 0. The third-order valence-electron chi connectivity index (χ3n) is 2.16. The molecule has 0 unspecified atom stereocenters. The summed E-state index contributed by atoms with van der Waals surface area (Å²) in [6.45, 7) is 6.28. The molecule has 0 radical (unpaired) electrons. The van der Waals surface area contributed by atoms with Crippen molar-refractivity contribution in [3.05, 3.63) is 36.9 Å². The molecule has 0 spiro atoms. The summed E-state index contributed by atoms with van der Waals surface area (Å²) in [5.74, 6) is 0. The number of nitrogens with zero attached hydrogens (tertiary/aromatic N) is 3. The summed E-state index contributed by atoms with van der Waals surface area (Å²) in [6.07, 6.45) is 1.47. The van der Waals surface area contributed by atoms with Crippen molar-refractivity contribution in [2.45, 2.75) is 13.2 Å². The summed E-state index contributed by atoms with van der Waals surface area (Å²) in [5, 5.41) is 8.11. The fourth-order valence-electron chi connectivity index (χ4n) is 1.48. The maximum atomic E-state index is 5.49. The first-order valence-corrected chi connectivity index (χ1v) is 4.91. The minimum atomic E-state index is -0.248. The van der Waals surface area contributed by atoms with E-state index in [4.69, 9.17) is 4.74 Å². The highest BCUT2D eigenvalue weighted by atomic mass is 16.5. The van der Waals surface area contributed by atoms with Crippen LogP contribution in [0.25, 0.3) is 11.0 Å². The van der Waals surface area contributed by atoms with Crippen LogP contribution in [0.3, 0.4) is 0 Å². The number of fused-ring (bicyclic) bond motifs is 1. The van der Waals surface area contributed by atoms with Gasteiger partial charge in [0.05, 0.1) is 5.52 Å². The van der Waals surface area contributed by atoms with Gasteiger partial charge in [-0.2, -0.15) is 0 Å². The van der Waals surface area contributed by atoms with Gasteiger partial charge in [0.1, 0.15) is 5.52 Å². The van der Waals surface area contributed by atoms with Crippen LogP contribution in [0.5, 0.6) is 0 Å². The Labute approximate surface area is 88.2 Å². The molecule has 15 heavy (non-hydrogen) atoms. The van der Waals surface area contributed by atoms with Crippen LogP contribution >= 0.6 is 0 Å². The Kier molecular flexibility index (Phi) is 2.78.